The summed E-state index contributed by atoms with van der Waals surface area (Å²) in [5.74, 6) is -4.44. The summed E-state index contributed by atoms with van der Waals surface area (Å²) in [4.78, 5) is 58.2. The number of primary amides is 1. The van der Waals surface area contributed by atoms with Crippen molar-refractivity contribution in [2.24, 2.45) is 11.5 Å². The molecule has 0 heterocycles. The first kappa shape index (κ1) is 25.0. The standard InChI is InChI=1S/C14H25N5O6S2/c1-6(15)11(21)17-7(2-3-10(16)20)12(22)18-8(4-26)13(23)19-9(5-27)14(24)25/h6-9,26-27H,2-5,15H2,1H3,(H2,16,20)(H,17,21)(H,18,22)(H,19,23)(H,24,25). The van der Waals surface area contributed by atoms with Crippen molar-refractivity contribution in [3.8, 4) is 0 Å². The molecule has 0 aromatic rings. The summed E-state index contributed by atoms with van der Waals surface area (Å²) < 4.78 is 0. The molecule has 0 rings (SSSR count). The van der Waals surface area contributed by atoms with Crippen LogP contribution in [0.25, 0.3) is 0 Å². The summed E-state index contributed by atoms with van der Waals surface area (Å²) >= 11 is 7.79. The first-order valence-corrected chi connectivity index (χ1v) is 9.19. The SMILES string of the molecule is CC(N)C(=O)NC(CCC(N)=O)C(=O)NC(CS)C(=O)NC(CS)C(=O)O. The molecule has 11 nitrogen and oxygen atoms in total. The molecule has 0 fully saturated rings. The zero-order chi connectivity index (χ0) is 21.1. The molecule has 0 aromatic heterocycles. The molecular formula is C14H25N5O6S2. The van der Waals surface area contributed by atoms with Gasteiger partial charge in [-0.1, -0.05) is 0 Å². The molecule has 13 heteroatoms. The van der Waals surface area contributed by atoms with E-state index in [0.717, 1.165) is 0 Å². The fourth-order valence-corrected chi connectivity index (χ4v) is 2.29. The Morgan fingerprint density at radius 2 is 1.33 bits per heavy atom. The summed E-state index contributed by atoms with van der Waals surface area (Å²) in [6.45, 7) is 1.41. The van der Waals surface area contributed by atoms with Crippen LogP contribution in [0.4, 0.5) is 0 Å². The van der Waals surface area contributed by atoms with Crippen molar-refractivity contribution >= 4 is 54.9 Å². The normalized spacial score (nSPS) is 15.0. The highest BCUT2D eigenvalue weighted by Gasteiger charge is 2.29. The first-order valence-electron chi connectivity index (χ1n) is 7.93. The molecule has 8 N–H and O–H groups in total. The van der Waals surface area contributed by atoms with E-state index in [-0.39, 0.29) is 24.3 Å². The van der Waals surface area contributed by atoms with Crippen molar-refractivity contribution in [2.75, 3.05) is 11.5 Å². The van der Waals surface area contributed by atoms with Crippen LogP contribution in [0.3, 0.4) is 0 Å². The molecule has 4 unspecified atom stereocenters. The number of nitrogens with two attached hydrogens (primary N) is 2. The van der Waals surface area contributed by atoms with Crippen molar-refractivity contribution in [1.82, 2.24) is 16.0 Å². The molecule has 4 atom stereocenters. The van der Waals surface area contributed by atoms with Gasteiger partial charge in [0.2, 0.25) is 23.6 Å². The Morgan fingerprint density at radius 3 is 1.74 bits per heavy atom. The fourth-order valence-electron chi connectivity index (χ4n) is 1.78. The summed E-state index contributed by atoms with van der Waals surface area (Å²) in [6.07, 6.45) is -0.287. The highest BCUT2D eigenvalue weighted by atomic mass is 32.1. The van der Waals surface area contributed by atoms with Gasteiger partial charge in [0, 0.05) is 17.9 Å². The Morgan fingerprint density at radius 1 is 0.889 bits per heavy atom. The minimum Gasteiger partial charge on any atom is -0.480 e. The predicted octanol–water partition coefficient (Wildman–Crippen LogP) is -3.00. The van der Waals surface area contributed by atoms with E-state index in [4.69, 9.17) is 16.6 Å². The smallest absolute Gasteiger partial charge is 0.327 e. The van der Waals surface area contributed by atoms with Crippen molar-refractivity contribution in [2.45, 2.75) is 43.9 Å². The minimum absolute atomic E-state index is 0.102. The first-order chi connectivity index (χ1) is 12.5. The van der Waals surface area contributed by atoms with Crippen LogP contribution in [0.2, 0.25) is 0 Å². The van der Waals surface area contributed by atoms with Gasteiger partial charge < -0.3 is 32.5 Å². The second-order valence-electron chi connectivity index (χ2n) is 5.68. The van der Waals surface area contributed by atoms with Gasteiger partial charge in [-0.25, -0.2) is 4.79 Å². The van der Waals surface area contributed by atoms with Crippen molar-refractivity contribution < 1.29 is 29.1 Å². The van der Waals surface area contributed by atoms with Crippen molar-refractivity contribution in [1.29, 1.82) is 0 Å². The third-order valence-electron chi connectivity index (χ3n) is 3.34. The number of nitrogens with one attached hydrogen (secondary N) is 3. The molecular weight excluding hydrogens is 398 g/mol. The van der Waals surface area contributed by atoms with Crippen molar-refractivity contribution in [3.63, 3.8) is 0 Å². The Kier molecular flexibility index (Phi) is 11.5. The van der Waals surface area contributed by atoms with E-state index in [1.807, 2.05) is 0 Å². The molecule has 0 aromatic carbocycles. The van der Waals surface area contributed by atoms with Crippen LogP contribution in [0.15, 0.2) is 0 Å². The van der Waals surface area contributed by atoms with Gasteiger partial charge in [-0.15, -0.1) is 0 Å². The van der Waals surface area contributed by atoms with Crippen LogP contribution in [0.1, 0.15) is 19.8 Å². The number of aliphatic carboxylic acids is 1. The van der Waals surface area contributed by atoms with E-state index < -0.39 is 53.8 Å². The van der Waals surface area contributed by atoms with E-state index in [2.05, 4.69) is 41.2 Å². The van der Waals surface area contributed by atoms with Crippen LogP contribution < -0.4 is 27.4 Å². The van der Waals surface area contributed by atoms with Gasteiger partial charge in [-0.05, 0) is 13.3 Å². The molecule has 0 radical (unpaired) electrons. The monoisotopic (exact) mass is 423 g/mol. The largest absolute Gasteiger partial charge is 0.480 e. The lowest BCUT2D eigenvalue weighted by Crippen LogP contribution is -2.57. The lowest BCUT2D eigenvalue weighted by atomic mass is 10.1. The number of hydrogen-bond acceptors (Lipinski definition) is 8. The molecule has 0 saturated carbocycles. The Bertz CT molecular complexity index is 574. The van der Waals surface area contributed by atoms with Crippen LogP contribution in [0.5, 0.6) is 0 Å². The zero-order valence-corrected chi connectivity index (χ0v) is 16.5. The number of hydrogen-bond donors (Lipinski definition) is 8. The number of carboxylic acid groups (broad SMARTS) is 1. The molecule has 27 heavy (non-hydrogen) atoms. The van der Waals surface area contributed by atoms with Crippen LogP contribution in [-0.4, -0.2) is 70.4 Å². The van der Waals surface area contributed by atoms with E-state index in [0.29, 0.717) is 0 Å². The third-order valence-corrected chi connectivity index (χ3v) is 4.07. The Labute approximate surface area is 167 Å². The quantitative estimate of drug-likeness (QED) is 0.153. The van der Waals surface area contributed by atoms with Gasteiger partial charge in [-0.3, -0.25) is 19.2 Å². The van der Waals surface area contributed by atoms with Gasteiger partial charge >= 0.3 is 5.97 Å². The Balaban J connectivity index is 5.10. The summed E-state index contributed by atoms with van der Waals surface area (Å²) in [7, 11) is 0. The van der Waals surface area contributed by atoms with Crippen LogP contribution in [-0.2, 0) is 24.0 Å². The number of thiol groups is 2. The third kappa shape index (κ3) is 9.49. The van der Waals surface area contributed by atoms with Gasteiger partial charge in [0.25, 0.3) is 0 Å². The lowest BCUT2D eigenvalue weighted by Gasteiger charge is -2.23. The second-order valence-corrected chi connectivity index (χ2v) is 6.41. The Hall–Kier alpha value is -1.99. The number of rotatable bonds is 12. The zero-order valence-electron chi connectivity index (χ0n) is 14.7. The molecule has 0 aliphatic carbocycles. The maximum atomic E-state index is 12.4. The van der Waals surface area contributed by atoms with E-state index in [9.17, 15) is 24.0 Å². The maximum Gasteiger partial charge on any atom is 0.327 e. The van der Waals surface area contributed by atoms with E-state index in [1.54, 1.807) is 0 Å². The molecule has 0 spiro atoms. The number of carbonyl (C=O) groups excluding carboxylic acids is 4. The maximum absolute atomic E-state index is 12.4. The van der Waals surface area contributed by atoms with Gasteiger partial charge in [-0.2, -0.15) is 25.3 Å². The number of amides is 4. The molecule has 154 valence electrons. The predicted molar refractivity (Wildman–Crippen MR) is 103 cm³/mol. The fraction of sp³-hybridized carbons (Fsp3) is 0.643. The number of carbonyl (C=O) groups is 5. The van der Waals surface area contributed by atoms with Gasteiger partial charge in [0.15, 0.2) is 0 Å². The van der Waals surface area contributed by atoms with Crippen LogP contribution >= 0.6 is 25.3 Å². The van der Waals surface area contributed by atoms with Gasteiger partial charge in [0.1, 0.15) is 18.1 Å². The molecule has 0 aliphatic heterocycles. The average Bonchev–Trinajstić information content (AvgIpc) is 2.59. The van der Waals surface area contributed by atoms with E-state index >= 15 is 0 Å². The topological polar surface area (TPSA) is 194 Å². The summed E-state index contributed by atoms with van der Waals surface area (Å²) in [5.41, 5.74) is 10.5. The second kappa shape index (κ2) is 12.4. The van der Waals surface area contributed by atoms with Gasteiger partial charge in [0.05, 0.1) is 6.04 Å². The van der Waals surface area contributed by atoms with E-state index in [1.165, 1.54) is 6.92 Å². The number of carboxylic acids is 1. The highest BCUT2D eigenvalue weighted by molar-refractivity contribution is 7.80. The molecule has 4 amide bonds. The molecule has 0 saturated heterocycles. The van der Waals surface area contributed by atoms with Crippen LogP contribution in [0, 0.1) is 0 Å². The highest BCUT2D eigenvalue weighted by Crippen LogP contribution is 2.01. The molecule has 0 bridgehead atoms. The van der Waals surface area contributed by atoms with Crippen molar-refractivity contribution in [3.05, 3.63) is 0 Å². The molecule has 0 aliphatic rings. The summed E-state index contributed by atoms with van der Waals surface area (Å²) in [5, 5.41) is 15.9. The summed E-state index contributed by atoms with van der Waals surface area (Å²) in [6, 6.07) is -4.48. The average molecular weight is 424 g/mol. The minimum atomic E-state index is -1.29. The lowest BCUT2D eigenvalue weighted by molar-refractivity contribution is -0.141.